The molecule has 2 aromatic carbocycles. The molecule has 3 rings (SSSR count). The second-order valence-electron chi connectivity index (χ2n) is 7.87. The third-order valence-corrected chi connectivity index (χ3v) is 6.14. The molecule has 0 saturated carbocycles. The maximum absolute atomic E-state index is 14.1. The van der Waals surface area contributed by atoms with Gasteiger partial charge in [0.05, 0.1) is 20.3 Å². The second kappa shape index (κ2) is 10.8. The van der Waals surface area contributed by atoms with E-state index in [9.17, 15) is 9.18 Å². The summed E-state index contributed by atoms with van der Waals surface area (Å²) in [6.07, 6.45) is 2.28. The molecule has 1 heterocycles. The average Bonchev–Trinajstić information content (AvgIpc) is 2.79. The number of rotatable bonds is 8. The summed E-state index contributed by atoms with van der Waals surface area (Å²) in [6.45, 7) is 4.09. The monoisotopic (exact) mass is 448 g/mol. The van der Waals surface area contributed by atoms with Gasteiger partial charge in [0.25, 0.3) is 0 Å². The molecule has 0 unspecified atom stereocenters. The number of likely N-dealkylation sites (tertiary alicyclic amines) is 1. The van der Waals surface area contributed by atoms with Crippen molar-refractivity contribution in [3.8, 4) is 11.5 Å². The largest absolute Gasteiger partial charge is 0.493 e. The fourth-order valence-corrected chi connectivity index (χ4v) is 4.18. The van der Waals surface area contributed by atoms with Gasteiger partial charge in [-0.2, -0.15) is 0 Å². The van der Waals surface area contributed by atoms with Crippen molar-refractivity contribution >= 4 is 17.5 Å². The van der Waals surface area contributed by atoms with Crippen LogP contribution in [0.15, 0.2) is 36.4 Å². The first-order valence-corrected chi connectivity index (χ1v) is 11.0. The number of nitrogens with one attached hydrogen (secondary N) is 1. The third kappa shape index (κ3) is 5.89. The summed E-state index contributed by atoms with van der Waals surface area (Å²) in [7, 11) is 3.20. The molecule has 1 amide bonds. The van der Waals surface area contributed by atoms with Crippen molar-refractivity contribution in [2.45, 2.75) is 38.8 Å². The van der Waals surface area contributed by atoms with Crippen molar-refractivity contribution < 1.29 is 18.7 Å². The van der Waals surface area contributed by atoms with Gasteiger partial charge in [0.15, 0.2) is 11.5 Å². The van der Waals surface area contributed by atoms with Crippen molar-refractivity contribution in [1.29, 1.82) is 0 Å². The van der Waals surface area contributed by atoms with E-state index in [4.69, 9.17) is 21.1 Å². The van der Waals surface area contributed by atoms with Gasteiger partial charge in [-0.1, -0.05) is 30.7 Å². The van der Waals surface area contributed by atoms with Crippen molar-refractivity contribution in [3.63, 3.8) is 0 Å². The van der Waals surface area contributed by atoms with Gasteiger partial charge in [-0.3, -0.25) is 9.69 Å². The molecule has 0 aromatic heterocycles. The quantitative estimate of drug-likeness (QED) is 0.619. The number of carbonyl (C=O) groups excluding carboxylic acids is 1. The Hall–Kier alpha value is -2.31. The minimum absolute atomic E-state index is 0.0412. The van der Waals surface area contributed by atoms with Gasteiger partial charge >= 0.3 is 0 Å². The molecule has 1 N–H and O–H groups in total. The van der Waals surface area contributed by atoms with E-state index in [1.54, 1.807) is 26.4 Å². The molecular weight excluding hydrogens is 419 g/mol. The highest BCUT2D eigenvalue weighted by Crippen LogP contribution is 2.31. The summed E-state index contributed by atoms with van der Waals surface area (Å²) < 4.78 is 24.8. The van der Waals surface area contributed by atoms with E-state index in [-0.39, 0.29) is 23.7 Å². The van der Waals surface area contributed by atoms with Gasteiger partial charge in [0.1, 0.15) is 5.82 Å². The normalized spacial score (nSPS) is 16.0. The minimum atomic E-state index is -0.284. The first-order valence-electron chi connectivity index (χ1n) is 10.6. The number of hydrogen-bond donors (Lipinski definition) is 1. The van der Waals surface area contributed by atoms with E-state index in [2.05, 4.69) is 10.2 Å². The molecule has 1 fully saturated rings. The lowest BCUT2D eigenvalue weighted by atomic mass is 9.94. The van der Waals surface area contributed by atoms with Crippen LogP contribution in [0.1, 0.15) is 43.4 Å². The minimum Gasteiger partial charge on any atom is -0.493 e. The summed E-state index contributed by atoms with van der Waals surface area (Å²) in [6, 6.07) is 10.4. The molecule has 7 heteroatoms. The van der Waals surface area contributed by atoms with Crippen molar-refractivity contribution in [3.05, 3.63) is 58.4 Å². The topological polar surface area (TPSA) is 50.8 Å². The Balaban J connectivity index is 1.56. The number of carbonyl (C=O) groups is 1. The molecule has 0 bridgehead atoms. The van der Waals surface area contributed by atoms with Crippen LogP contribution in [0.25, 0.3) is 0 Å². The van der Waals surface area contributed by atoms with Crippen LogP contribution in [0.2, 0.25) is 5.02 Å². The zero-order chi connectivity index (χ0) is 22.4. The van der Waals surface area contributed by atoms with Gasteiger partial charge in [-0.15, -0.1) is 0 Å². The zero-order valence-electron chi connectivity index (χ0n) is 18.3. The lowest BCUT2D eigenvalue weighted by Gasteiger charge is -2.32. The molecule has 1 aliphatic heterocycles. The molecule has 1 saturated heterocycles. The summed E-state index contributed by atoms with van der Waals surface area (Å²) in [5, 5.41) is 3.59. The summed E-state index contributed by atoms with van der Waals surface area (Å²) >= 11 is 5.83. The van der Waals surface area contributed by atoms with Crippen LogP contribution in [0.5, 0.6) is 11.5 Å². The highest BCUT2D eigenvalue weighted by atomic mass is 35.5. The van der Waals surface area contributed by atoms with Crippen LogP contribution in [-0.4, -0.2) is 38.1 Å². The van der Waals surface area contributed by atoms with E-state index in [1.165, 1.54) is 6.07 Å². The number of halogens is 2. The summed E-state index contributed by atoms with van der Waals surface area (Å²) in [5.74, 6) is 1.06. The summed E-state index contributed by atoms with van der Waals surface area (Å²) in [5.41, 5.74) is 1.62. The number of benzene rings is 2. The van der Waals surface area contributed by atoms with Gasteiger partial charge in [-0.25, -0.2) is 4.39 Å². The molecule has 0 radical (unpaired) electrons. The Labute approximate surface area is 188 Å². The Kier molecular flexibility index (Phi) is 8.15. The molecule has 2 aromatic rings. The SMILES string of the molecule is CC[C@H](NC(=O)C1CCN(Cc2ccc(Cl)cc2F)CC1)c1ccc(OC)c(OC)c1. The number of hydrogen-bond acceptors (Lipinski definition) is 4. The molecule has 0 spiro atoms. The van der Waals surface area contributed by atoms with Gasteiger partial charge in [0, 0.05) is 23.0 Å². The summed E-state index contributed by atoms with van der Waals surface area (Å²) in [4.78, 5) is 15.1. The van der Waals surface area contributed by atoms with Crippen molar-refractivity contribution in [2.75, 3.05) is 27.3 Å². The molecule has 31 heavy (non-hydrogen) atoms. The molecular formula is C24H30ClFN2O3. The maximum atomic E-state index is 14.1. The van der Waals surface area contributed by atoms with Crippen LogP contribution < -0.4 is 14.8 Å². The van der Waals surface area contributed by atoms with E-state index >= 15 is 0 Å². The van der Waals surface area contributed by atoms with Gasteiger partial charge in [0.2, 0.25) is 5.91 Å². The van der Waals surface area contributed by atoms with E-state index in [0.29, 0.717) is 28.6 Å². The first kappa shape index (κ1) is 23.4. The predicted octanol–water partition coefficient (Wildman–Crippen LogP) is 4.98. The molecule has 1 atom stereocenters. The third-order valence-electron chi connectivity index (χ3n) is 5.90. The maximum Gasteiger partial charge on any atom is 0.223 e. The van der Waals surface area contributed by atoms with E-state index in [1.807, 2.05) is 25.1 Å². The Bertz CT molecular complexity index is 900. The zero-order valence-corrected chi connectivity index (χ0v) is 19.0. The van der Waals surface area contributed by atoms with Crippen LogP contribution in [-0.2, 0) is 11.3 Å². The molecule has 0 aliphatic carbocycles. The van der Waals surface area contributed by atoms with Crippen LogP contribution in [0, 0.1) is 11.7 Å². The standard InChI is InChI=1S/C24H30ClFN2O3/c1-4-21(17-6-8-22(30-2)23(13-17)31-3)27-24(29)16-9-11-28(12-10-16)15-18-5-7-19(25)14-20(18)26/h5-8,13-14,16,21H,4,9-12,15H2,1-3H3,(H,27,29)/t21-/m0/s1. The Morgan fingerprint density at radius 1 is 1.16 bits per heavy atom. The number of methoxy groups -OCH3 is 2. The molecule has 168 valence electrons. The van der Waals surface area contributed by atoms with Gasteiger partial charge < -0.3 is 14.8 Å². The van der Waals surface area contributed by atoms with Crippen LogP contribution >= 0.6 is 11.6 Å². The Morgan fingerprint density at radius 2 is 1.87 bits per heavy atom. The highest BCUT2D eigenvalue weighted by Gasteiger charge is 2.27. The lowest BCUT2D eigenvalue weighted by Crippen LogP contribution is -2.41. The highest BCUT2D eigenvalue weighted by molar-refractivity contribution is 6.30. The fraction of sp³-hybridized carbons (Fsp3) is 0.458. The first-order chi connectivity index (χ1) is 14.9. The fourth-order valence-electron chi connectivity index (χ4n) is 4.02. The second-order valence-corrected chi connectivity index (χ2v) is 8.31. The number of piperidine rings is 1. The van der Waals surface area contributed by atoms with Crippen LogP contribution in [0.3, 0.4) is 0 Å². The number of ether oxygens (including phenoxy) is 2. The number of nitrogens with zero attached hydrogens (tertiary/aromatic N) is 1. The van der Waals surface area contributed by atoms with Crippen molar-refractivity contribution in [1.82, 2.24) is 10.2 Å². The van der Waals surface area contributed by atoms with Crippen molar-refractivity contribution in [2.24, 2.45) is 5.92 Å². The van der Waals surface area contributed by atoms with E-state index < -0.39 is 0 Å². The smallest absolute Gasteiger partial charge is 0.223 e. The molecule has 5 nitrogen and oxygen atoms in total. The number of amides is 1. The molecule has 1 aliphatic rings. The average molecular weight is 449 g/mol. The lowest BCUT2D eigenvalue weighted by molar-refractivity contribution is -0.127. The Morgan fingerprint density at radius 3 is 2.48 bits per heavy atom. The van der Waals surface area contributed by atoms with Gasteiger partial charge in [-0.05, 0) is 62.2 Å². The van der Waals surface area contributed by atoms with Crippen LogP contribution in [0.4, 0.5) is 4.39 Å². The van der Waals surface area contributed by atoms with E-state index in [0.717, 1.165) is 37.9 Å². The predicted molar refractivity (Wildman–Crippen MR) is 120 cm³/mol.